The predicted molar refractivity (Wildman–Crippen MR) is 100 cm³/mol. The van der Waals surface area contributed by atoms with Crippen molar-refractivity contribution in [3.63, 3.8) is 0 Å². The number of rotatable bonds is 7. The summed E-state index contributed by atoms with van der Waals surface area (Å²) < 4.78 is 15.9. The Morgan fingerprint density at radius 2 is 2.07 bits per heavy atom. The fraction of sp³-hybridized carbons (Fsp3) is 0.333. The van der Waals surface area contributed by atoms with Gasteiger partial charge in [-0.2, -0.15) is 0 Å². The fourth-order valence-electron chi connectivity index (χ4n) is 2.40. The summed E-state index contributed by atoms with van der Waals surface area (Å²) in [5.74, 6) is -0.217. The number of para-hydroxylation sites is 2. The summed E-state index contributed by atoms with van der Waals surface area (Å²) in [5.41, 5.74) is 0.509. The number of aromatic nitrogens is 1. The number of hydrogen-bond donors (Lipinski definition) is 2. The number of hydrogen-bond acceptors (Lipinski definition) is 8. The van der Waals surface area contributed by atoms with Crippen molar-refractivity contribution >= 4 is 34.3 Å². The first kappa shape index (κ1) is 19.6. The maximum absolute atomic E-state index is 12.2. The smallest absolute Gasteiger partial charge is 0.311 e. The SMILES string of the molecule is CCOC(=O)Cc1csc(NC(=O)CNC(=O)[C@@H]2COc3ccccc3O2)n1. The van der Waals surface area contributed by atoms with Gasteiger partial charge in [-0.25, -0.2) is 4.98 Å². The van der Waals surface area contributed by atoms with Crippen LogP contribution in [0.15, 0.2) is 29.6 Å². The molecule has 1 aromatic heterocycles. The second kappa shape index (κ2) is 9.18. The van der Waals surface area contributed by atoms with Crippen molar-refractivity contribution in [2.24, 2.45) is 0 Å². The van der Waals surface area contributed by atoms with E-state index in [4.69, 9.17) is 14.2 Å². The standard InChI is InChI=1S/C18H19N3O6S/c1-2-25-16(23)7-11-10-28-18(20-11)21-15(22)8-19-17(24)14-9-26-12-5-3-4-6-13(12)27-14/h3-6,10,14H,2,7-9H2,1H3,(H,19,24)(H,20,21,22)/t14-/m0/s1. The highest BCUT2D eigenvalue weighted by Gasteiger charge is 2.27. The van der Waals surface area contributed by atoms with Crippen LogP contribution in [0.1, 0.15) is 12.6 Å². The lowest BCUT2D eigenvalue weighted by Gasteiger charge is -2.25. The minimum Gasteiger partial charge on any atom is -0.485 e. The number of nitrogens with one attached hydrogen (secondary N) is 2. The van der Waals surface area contributed by atoms with Gasteiger partial charge < -0.3 is 24.8 Å². The van der Waals surface area contributed by atoms with E-state index < -0.39 is 17.9 Å². The molecular weight excluding hydrogens is 386 g/mol. The largest absolute Gasteiger partial charge is 0.485 e. The van der Waals surface area contributed by atoms with Crippen LogP contribution in [0.4, 0.5) is 5.13 Å². The maximum Gasteiger partial charge on any atom is 0.311 e. The first-order chi connectivity index (χ1) is 13.5. The van der Waals surface area contributed by atoms with E-state index in [1.54, 1.807) is 30.5 Å². The molecule has 1 aliphatic heterocycles. The molecule has 0 fully saturated rings. The molecule has 1 aliphatic rings. The highest BCUT2D eigenvalue weighted by Crippen LogP contribution is 2.30. The Morgan fingerprint density at radius 1 is 1.29 bits per heavy atom. The van der Waals surface area contributed by atoms with Crippen molar-refractivity contribution in [2.45, 2.75) is 19.4 Å². The second-order valence-corrected chi connectivity index (χ2v) is 6.61. The van der Waals surface area contributed by atoms with Crippen molar-refractivity contribution in [3.8, 4) is 11.5 Å². The first-order valence-electron chi connectivity index (χ1n) is 8.61. The van der Waals surface area contributed by atoms with Gasteiger partial charge in [-0.3, -0.25) is 14.4 Å². The molecule has 1 aromatic carbocycles. The van der Waals surface area contributed by atoms with Crippen LogP contribution in [0.2, 0.25) is 0 Å². The molecule has 148 valence electrons. The lowest BCUT2D eigenvalue weighted by Crippen LogP contribution is -2.46. The van der Waals surface area contributed by atoms with Gasteiger partial charge in [-0.1, -0.05) is 12.1 Å². The number of esters is 1. The van der Waals surface area contributed by atoms with E-state index in [1.165, 1.54) is 11.3 Å². The van der Waals surface area contributed by atoms with Crippen LogP contribution in [0.5, 0.6) is 11.5 Å². The van der Waals surface area contributed by atoms with E-state index in [0.29, 0.717) is 28.9 Å². The number of benzene rings is 1. The molecule has 0 saturated heterocycles. The third kappa shape index (κ3) is 5.19. The average Bonchev–Trinajstić information content (AvgIpc) is 3.12. The fourth-order valence-corrected chi connectivity index (χ4v) is 3.13. The number of thiazole rings is 1. The molecule has 2 N–H and O–H groups in total. The van der Waals surface area contributed by atoms with Crippen LogP contribution in [0, 0.1) is 0 Å². The number of carbonyl (C=O) groups excluding carboxylic acids is 3. The molecule has 0 aliphatic carbocycles. The second-order valence-electron chi connectivity index (χ2n) is 5.76. The number of nitrogens with zero attached hydrogens (tertiary/aromatic N) is 1. The van der Waals surface area contributed by atoms with Gasteiger partial charge in [0.1, 0.15) is 6.61 Å². The molecule has 1 atom stereocenters. The Labute approximate surface area is 165 Å². The summed E-state index contributed by atoms with van der Waals surface area (Å²) >= 11 is 1.18. The van der Waals surface area contributed by atoms with Crippen molar-refractivity contribution in [3.05, 3.63) is 35.3 Å². The first-order valence-corrected chi connectivity index (χ1v) is 9.49. The van der Waals surface area contributed by atoms with E-state index in [0.717, 1.165) is 0 Å². The number of amides is 2. The molecule has 9 nitrogen and oxygen atoms in total. The third-order valence-corrected chi connectivity index (χ3v) is 4.46. The van der Waals surface area contributed by atoms with Crippen molar-refractivity contribution in [2.75, 3.05) is 25.1 Å². The van der Waals surface area contributed by atoms with E-state index >= 15 is 0 Å². The summed E-state index contributed by atoms with van der Waals surface area (Å²) in [6.07, 6.45) is -0.795. The van der Waals surface area contributed by atoms with Crippen LogP contribution in [-0.4, -0.2) is 48.6 Å². The molecule has 28 heavy (non-hydrogen) atoms. The highest BCUT2D eigenvalue weighted by atomic mass is 32.1. The summed E-state index contributed by atoms with van der Waals surface area (Å²) in [4.78, 5) is 39.8. The summed E-state index contributed by atoms with van der Waals surface area (Å²) in [6.45, 7) is 1.84. The third-order valence-electron chi connectivity index (χ3n) is 3.65. The van der Waals surface area contributed by atoms with Crippen molar-refractivity contribution < 1.29 is 28.6 Å². The minimum absolute atomic E-state index is 0.0391. The number of fused-ring (bicyclic) bond motifs is 1. The zero-order valence-corrected chi connectivity index (χ0v) is 15.9. The van der Waals surface area contributed by atoms with Gasteiger partial charge in [0, 0.05) is 5.38 Å². The molecule has 10 heteroatoms. The highest BCUT2D eigenvalue weighted by molar-refractivity contribution is 7.13. The maximum atomic E-state index is 12.2. The molecule has 0 radical (unpaired) electrons. The summed E-state index contributed by atoms with van der Waals surface area (Å²) in [7, 11) is 0. The van der Waals surface area contributed by atoms with E-state index in [1.807, 2.05) is 6.07 Å². The minimum atomic E-state index is -0.834. The monoisotopic (exact) mass is 405 g/mol. The van der Waals surface area contributed by atoms with Gasteiger partial charge >= 0.3 is 5.97 Å². The Morgan fingerprint density at radius 3 is 2.86 bits per heavy atom. The van der Waals surface area contributed by atoms with E-state index in [9.17, 15) is 14.4 Å². The van der Waals surface area contributed by atoms with Crippen molar-refractivity contribution in [1.29, 1.82) is 0 Å². The lowest BCUT2D eigenvalue weighted by atomic mass is 10.2. The molecular formula is C18H19N3O6S. The zero-order chi connectivity index (χ0) is 19.9. The summed E-state index contributed by atoms with van der Waals surface area (Å²) in [5, 5.41) is 7.08. The normalized spacial score (nSPS) is 14.8. The van der Waals surface area contributed by atoms with Gasteiger partial charge in [0.05, 0.1) is 25.3 Å². The molecule has 3 rings (SSSR count). The zero-order valence-electron chi connectivity index (χ0n) is 15.1. The van der Waals surface area contributed by atoms with Crippen LogP contribution in [0.3, 0.4) is 0 Å². The molecule has 2 heterocycles. The number of anilines is 1. The molecule has 0 spiro atoms. The summed E-state index contributed by atoms with van der Waals surface area (Å²) in [6, 6.07) is 7.04. The van der Waals surface area contributed by atoms with Gasteiger partial charge in [0.2, 0.25) is 12.0 Å². The molecule has 0 bridgehead atoms. The Hall–Kier alpha value is -3.14. The van der Waals surface area contributed by atoms with Gasteiger partial charge in [-0.15, -0.1) is 11.3 Å². The molecule has 2 amide bonds. The van der Waals surface area contributed by atoms with Crippen molar-refractivity contribution in [1.82, 2.24) is 10.3 Å². The average molecular weight is 405 g/mol. The molecule has 0 unspecified atom stereocenters. The molecule has 2 aromatic rings. The van der Waals surface area contributed by atoms with Crippen LogP contribution < -0.4 is 20.1 Å². The van der Waals surface area contributed by atoms with Gasteiger partial charge in [0.25, 0.3) is 5.91 Å². The van der Waals surface area contributed by atoms with E-state index in [2.05, 4.69) is 15.6 Å². The lowest BCUT2D eigenvalue weighted by molar-refractivity contribution is -0.142. The van der Waals surface area contributed by atoms with Crippen LogP contribution in [-0.2, 0) is 25.5 Å². The van der Waals surface area contributed by atoms with E-state index in [-0.39, 0.29) is 25.5 Å². The Bertz CT molecular complexity index is 869. The van der Waals surface area contributed by atoms with Crippen LogP contribution in [0.25, 0.3) is 0 Å². The Kier molecular flexibility index (Phi) is 6.43. The predicted octanol–water partition coefficient (Wildman–Crippen LogP) is 1.14. The van der Waals surface area contributed by atoms with Crippen LogP contribution >= 0.6 is 11.3 Å². The topological polar surface area (TPSA) is 116 Å². The quantitative estimate of drug-likeness (QED) is 0.664. The number of ether oxygens (including phenoxy) is 3. The molecule has 0 saturated carbocycles. The Balaban J connectivity index is 1.44. The van der Waals surface area contributed by atoms with Gasteiger partial charge in [0.15, 0.2) is 16.6 Å². The number of carbonyl (C=O) groups is 3. The van der Waals surface area contributed by atoms with Gasteiger partial charge in [-0.05, 0) is 19.1 Å².